The van der Waals surface area contributed by atoms with Gasteiger partial charge in [-0.2, -0.15) is 0 Å². The molecule has 2 heterocycles. The molecule has 0 spiro atoms. The van der Waals surface area contributed by atoms with Crippen LogP contribution in [-0.2, 0) is 6.54 Å². The lowest BCUT2D eigenvalue weighted by Crippen LogP contribution is -2.25. The van der Waals surface area contributed by atoms with Crippen LogP contribution in [0.1, 0.15) is 32.6 Å². The number of pyridine rings is 1. The smallest absolute Gasteiger partial charge is 0.252 e. The van der Waals surface area contributed by atoms with Gasteiger partial charge in [-0.3, -0.25) is 9.78 Å². The summed E-state index contributed by atoms with van der Waals surface area (Å²) in [5.74, 6) is 0.627. The Labute approximate surface area is 141 Å². The molecule has 0 bridgehead atoms. The van der Waals surface area contributed by atoms with E-state index in [0.717, 1.165) is 33.5 Å². The normalized spacial score (nSPS) is 10.6. The first-order chi connectivity index (χ1) is 11.6. The third-order valence-corrected chi connectivity index (χ3v) is 3.99. The van der Waals surface area contributed by atoms with E-state index in [-0.39, 0.29) is 5.91 Å². The van der Waals surface area contributed by atoms with Gasteiger partial charge in [0.15, 0.2) is 5.76 Å². The number of hydrogen-bond donors (Lipinski definition) is 1. The molecular formula is C20H20N2O2. The van der Waals surface area contributed by atoms with Crippen LogP contribution in [0.4, 0.5) is 0 Å². The number of hydrogen-bond acceptors (Lipinski definition) is 3. The maximum atomic E-state index is 12.6. The predicted octanol–water partition coefficient (Wildman–Crippen LogP) is 4.20. The van der Waals surface area contributed by atoms with Crippen molar-refractivity contribution >= 4 is 5.91 Å². The lowest BCUT2D eigenvalue weighted by molar-refractivity contribution is 0.0949. The van der Waals surface area contributed by atoms with Crippen LogP contribution in [0.25, 0.3) is 11.5 Å². The Kier molecular flexibility index (Phi) is 4.47. The molecule has 4 heteroatoms. The minimum absolute atomic E-state index is 0.0701. The van der Waals surface area contributed by atoms with Gasteiger partial charge in [-0.15, -0.1) is 0 Å². The van der Waals surface area contributed by atoms with Crippen molar-refractivity contribution in [1.29, 1.82) is 0 Å². The summed E-state index contributed by atoms with van der Waals surface area (Å²) in [5.41, 5.74) is 5.55. The van der Waals surface area contributed by atoms with Gasteiger partial charge in [0.1, 0.15) is 5.69 Å². The van der Waals surface area contributed by atoms with Gasteiger partial charge in [0.25, 0.3) is 5.91 Å². The van der Waals surface area contributed by atoms with Gasteiger partial charge >= 0.3 is 0 Å². The highest BCUT2D eigenvalue weighted by atomic mass is 16.3. The highest BCUT2D eigenvalue weighted by Gasteiger charge is 2.14. The maximum Gasteiger partial charge on any atom is 0.252 e. The molecule has 0 aliphatic carbocycles. The molecule has 4 nitrogen and oxygen atoms in total. The fourth-order valence-corrected chi connectivity index (χ4v) is 3.02. The zero-order valence-electron chi connectivity index (χ0n) is 14.1. The number of amides is 1. The Morgan fingerprint density at radius 2 is 1.88 bits per heavy atom. The van der Waals surface area contributed by atoms with E-state index in [9.17, 15) is 4.79 Å². The summed E-state index contributed by atoms with van der Waals surface area (Å²) in [6, 6.07) is 11.5. The first kappa shape index (κ1) is 16.0. The largest absolute Gasteiger partial charge is 0.463 e. The zero-order valence-corrected chi connectivity index (χ0v) is 14.1. The summed E-state index contributed by atoms with van der Waals surface area (Å²) in [7, 11) is 0. The van der Waals surface area contributed by atoms with Crippen molar-refractivity contribution in [2.75, 3.05) is 0 Å². The second-order valence-corrected chi connectivity index (χ2v) is 5.94. The van der Waals surface area contributed by atoms with Gasteiger partial charge in [0.05, 0.1) is 6.26 Å². The molecule has 0 atom stereocenters. The van der Waals surface area contributed by atoms with E-state index in [0.29, 0.717) is 12.3 Å². The number of carbonyl (C=O) groups excluding carboxylic acids is 1. The van der Waals surface area contributed by atoms with Crippen molar-refractivity contribution in [3.05, 3.63) is 76.7 Å². The van der Waals surface area contributed by atoms with Crippen LogP contribution >= 0.6 is 0 Å². The van der Waals surface area contributed by atoms with Crippen LogP contribution in [0.5, 0.6) is 0 Å². The van der Waals surface area contributed by atoms with E-state index < -0.39 is 0 Å². The Balaban J connectivity index is 1.81. The standard InChI is InChI=1S/C20H20N2O2/c1-13-10-14(2)18(15(3)11-13)20(23)22-12-16-6-4-8-21-19(16)17-7-5-9-24-17/h4-11H,12H2,1-3H3,(H,22,23). The van der Waals surface area contributed by atoms with E-state index in [1.54, 1.807) is 12.5 Å². The molecule has 3 rings (SSSR count). The van der Waals surface area contributed by atoms with Gasteiger partial charge in [-0.25, -0.2) is 0 Å². The third kappa shape index (κ3) is 3.23. The quantitative estimate of drug-likeness (QED) is 0.784. The number of furan rings is 1. The molecule has 1 aromatic carbocycles. The highest BCUT2D eigenvalue weighted by Crippen LogP contribution is 2.22. The molecule has 0 unspecified atom stereocenters. The van der Waals surface area contributed by atoms with Crippen molar-refractivity contribution in [3.63, 3.8) is 0 Å². The number of nitrogens with one attached hydrogen (secondary N) is 1. The van der Waals surface area contributed by atoms with E-state index in [1.165, 1.54) is 0 Å². The van der Waals surface area contributed by atoms with Crippen molar-refractivity contribution in [2.24, 2.45) is 0 Å². The lowest BCUT2D eigenvalue weighted by Gasteiger charge is -2.13. The molecule has 0 fully saturated rings. The summed E-state index contributed by atoms with van der Waals surface area (Å²) in [6.07, 6.45) is 3.34. The van der Waals surface area contributed by atoms with Gasteiger partial charge < -0.3 is 9.73 Å². The topological polar surface area (TPSA) is 55.1 Å². The SMILES string of the molecule is Cc1cc(C)c(C(=O)NCc2cccnc2-c2ccco2)c(C)c1. The van der Waals surface area contributed by atoms with E-state index in [4.69, 9.17) is 4.42 Å². The van der Waals surface area contributed by atoms with Gasteiger partial charge in [-0.1, -0.05) is 23.8 Å². The minimum Gasteiger partial charge on any atom is -0.463 e. The van der Waals surface area contributed by atoms with Crippen LogP contribution in [0.2, 0.25) is 0 Å². The monoisotopic (exact) mass is 320 g/mol. The van der Waals surface area contributed by atoms with Crippen LogP contribution < -0.4 is 5.32 Å². The molecule has 3 aromatic rings. The Morgan fingerprint density at radius 1 is 1.12 bits per heavy atom. The van der Waals surface area contributed by atoms with Crippen molar-refractivity contribution in [2.45, 2.75) is 27.3 Å². The first-order valence-corrected chi connectivity index (χ1v) is 7.90. The molecule has 1 amide bonds. The van der Waals surface area contributed by atoms with Crippen molar-refractivity contribution < 1.29 is 9.21 Å². The summed E-state index contributed by atoms with van der Waals surface area (Å²) in [5, 5.41) is 3.00. The number of benzene rings is 1. The second-order valence-electron chi connectivity index (χ2n) is 5.94. The maximum absolute atomic E-state index is 12.6. The molecule has 0 radical (unpaired) electrons. The summed E-state index contributed by atoms with van der Waals surface area (Å²) in [4.78, 5) is 17.0. The number of aryl methyl sites for hydroxylation is 3. The van der Waals surface area contributed by atoms with E-state index in [1.807, 2.05) is 57.2 Å². The summed E-state index contributed by atoms with van der Waals surface area (Å²) < 4.78 is 5.43. The van der Waals surface area contributed by atoms with Gasteiger partial charge in [0.2, 0.25) is 0 Å². The van der Waals surface area contributed by atoms with E-state index >= 15 is 0 Å². The highest BCUT2D eigenvalue weighted by molar-refractivity contribution is 5.97. The van der Waals surface area contributed by atoms with Crippen LogP contribution in [0.15, 0.2) is 53.3 Å². The molecule has 1 N–H and O–H groups in total. The fourth-order valence-electron chi connectivity index (χ4n) is 3.02. The van der Waals surface area contributed by atoms with Crippen LogP contribution in [0, 0.1) is 20.8 Å². The fraction of sp³-hybridized carbons (Fsp3) is 0.200. The molecule has 0 aliphatic rings. The third-order valence-electron chi connectivity index (χ3n) is 3.99. The summed E-state index contributed by atoms with van der Waals surface area (Å²) >= 11 is 0. The predicted molar refractivity (Wildman–Crippen MR) is 93.8 cm³/mol. The first-order valence-electron chi connectivity index (χ1n) is 7.90. The number of carbonyl (C=O) groups is 1. The molecule has 24 heavy (non-hydrogen) atoms. The van der Waals surface area contributed by atoms with E-state index in [2.05, 4.69) is 10.3 Å². The average Bonchev–Trinajstić information content (AvgIpc) is 3.06. The second kappa shape index (κ2) is 6.71. The van der Waals surface area contributed by atoms with Crippen molar-refractivity contribution in [3.8, 4) is 11.5 Å². The Bertz CT molecular complexity index is 844. The van der Waals surface area contributed by atoms with Crippen LogP contribution in [-0.4, -0.2) is 10.9 Å². The van der Waals surface area contributed by atoms with Gasteiger partial charge in [-0.05, 0) is 50.1 Å². The zero-order chi connectivity index (χ0) is 17.1. The molecule has 2 aromatic heterocycles. The van der Waals surface area contributed by atoms with Crippen LogP contribution in [0.3, 0.4) is 0 Å². The van der Waals surface area contributed by atoms with Gasteiger partial charge in [0, 0.05) is 23.9 Å². The molecular weight excluding hydrogens is 300 g/mol. The molecule has 0 saturated carbocycles. The number of aromatic nitrogens is 1. The number of nitrogens with zero attached hydrogens (tertiary/aromatic N) is 1. The molecule has 0 aliphatic heterocycles. The average molecular weight is 320 g/mol. The Hall–Kier alpha value is -2.88. The lowest BCUT2D eigenvalue weighted by atomic mass is 9.99. The molecule has 0 saturated heterocycles. The van der Waals surface area contributed by atoms with Crippen molar-refractivity contribution in [1.82, 2.24) is 10.3 Å². The number of rotatable bonds is 4. The molecule has 122 valence electrons. The minimum atomic E-state index is -0.0701. The Morgan fingerprint density at radius 3 is 2.54 bits per heavy atom. The summed E-state index contributed by atoms with van der Waals surface area (Å²) in [6.45, 7) is 6.36.